The van der Waals surface area contributed by atoms with E-state index in [0.29, 0.717) is 11.5 Å². The number of halogens is 2. The summed E-state index contributed by atoms with van der Waals surface area (Å²) in [4.78, 5) is 0. The Kier molecular flexibility index (Phi) is 4.77. The third kappa shape index (κ3) is 3.94. The van der Waals surface area contributed by atoms with Gasteiger partial charge in [-0.2, -0.15) is 0 Å². The molecule has 0 aliphatic rings. The molecule has 1 N–H and O–H groups in total. The summed E-state index contributed by atoms with van der Waals surface area (Å²) in [5, 5.41) is 3.30. The second kappa shape index (κ2) is 6.55. The molecule has 19 heavy (non-hydrogen) atoms. The topological polar surface area (TPSA) is 21.3 Å². The number of ether oxygens (including phenoxy) is 1. The van der Waals surface area contributed by atoms with Gasteiger partial charge in [0.2, 0.25) is 0 Å². The summed E-state index contributed by atoms with van der Waals surface area (Å²) < 4.78 is 18.6. The smallest absolute Gasteiger partial charge is 0.142 e. The Balaban J connectivity index is 2.04. The van der Waals surface area contributed by atoms with Gasteiger partial charge in [0.05, 0.1) is 5.02 Å². The molecule has 2 aromatic carbocycles. The minimum Gasteiger partial charge on any atom is -0.457 e. The minimum absolute atomic E-state index is 0.0567. The van der Waals surface area contributed by atoms with Gasteiger partial charge in [0.25, 0.3) is 0 Å². The predicted molar refractivity (Wildman–Crippen MR) is 75.3 cm³/mol. The van der Waals surface area contributed by atoms with Crippen LogP contribution in [-0.2, 0) is 6.54 Å². The molecule has 0 aromatic heterocycles. The van der Waals surface area contributed by atoms with E-state index in [-0.39, 0.29) is 5.02 Å². The maximum absolute atomic E-state index is 13.0. The Labute approximate surface area is 117 Å². The lowest BCUT2D eigenvalue weighted by Gasteiger charge is -2.07. The van der Waals surface area contributed by atoms with Crippen molar-refractivity contribution >= 4 is 11.6 Å². The molecule has 0 radical (unpaired) electrons. The highest BCUT2D eigenvalue weighted by atomic mass is 35.5. The third-order valence-corrected chi connectivity index (χ3v) is 2.92. The largest absolute Gasteiger partial charge is 0.457 e. The zero-order valence-corrected chi connectivity index (χ0v) is 11.4. The van der Waals surface area contributed by atoms with Crippen molar-refractivity contribution in [2.45, 2.75) is 13.5 Å². The molecule has 0 atom stereocenters. The van der Waals surface area contributed by atoms with Crippen LogP contribution in [0.5, 0.6) is 11.5 Å². The summed E-state index contributed by atoms with van der Waals surface area (Å²) in [6.45, 7) is 3.83. The highest BCUT2D eigenvalue weighted by molar-refractivity contribution is 6.30. The van der Waals surface area contributed by atoms with Crippen LogP contribution in [0.25, 0.3) is 0 Å². The molecule has 0 aliphatic heterocycles. The summed E-state index contributed by atoms with van der Waals surface area (Å²) in [6.07, 6.45) is 0. The lowest BCUT2D eigenvalue weighted by atomic mass is 10.2. The first-order valence-electron chi connectivity index (χ1n) is 6.11. The second-order valence-corrected chi connectivity index (χ2v) is 4.51. The van der Waals surface area contributed by atoms with Crippen LogP contribution < -0.4 is 10.1 Å². The van der Waals surface area contributed by atoms with Gasteiger partial charge in [0.1, 0.15) is 17.3 Å². The van der Waals surface area contributed by atoms with Gasteiger partial charge >= 0.3 is 0 Å². The van der Waals surface area contributed by atoms with Crippen LogP contribution in [0.4, 0.5) is 4.39 Å². The average molecular weight is 280 g/mol. The highest BCUT2D eigenvalue weighted by Gasteiger charge is 2.03. The monoisotopic (exact) mass is 279 g/mol. The quantitative estimate of drug-likeness (QED) is 0.877. The van der Waals surface area contributed by atoms with Gasteiger partial charge in [-0.1, -0.05) is 30.7 Å². The van der Waals surface area contributed by atoms with Crippen molar-refractivity contribution in [3.05, 3.63) is 58.9 Å². The van der Waals surface area contributed by atoms with Gasteiger partial charge in [-0.15, -0.1) is 0 Å². The molecular weight excluding hydrogens is 265 g/mol. The van der Waals surface area contributed by atoms with Crippen LogP contribution in [0.15, 0.2) is 42.5 Å². The van der Waals surface area contributed by atoms with E-state index in [4.69, 9.17) is 16.3 Å². The van der Waals surface area contributed by atoms with Crippen LogP contribution in [0.3, 0.4) is 0 Å². The number of rotatable bonds is 5. The molecule has 2 nitrogen and oxygen atoms in total. The van der Waals surface area contributed by atoms with Crippen molar-refractivity contribution in [3.63, 3.8) is 0 Å². The van der Waals surface area contributed by atoms with Crippen LogP contribution in [0.2, 0.25) is 5.02 Å². The molecule has 0 unspecified atom stereocenters. The van der Waals surface area contributed by atoms with E-state index < -0.39 is 5.82 Å². The van der Waals surface area contributed by atoms with Gasteiger partial charge in [-0.25, -0.2) is 4.39 Å². The summed E-state index contributed by atoms with van der Waals surface area (Å²) in [7, 11) is 0. The fraction of sp³-hybridized carbons (Fsp3) is 0.200. The van der Waals surface area contributed by atoms with E-state index >= 15 is 0 Å². The molecule has 0 amide bonds. The van der Waals surface area contributed by atoms with Crippen LogP contribution in [0, 0.1) is 5.82 Å². The fourth-order valence-corrected chi connectivity index (χ4v) is 1.79. The summed E-state index contributed by atoms with van der Waals surface area (Å²) in [6, 6.07) is 12.0. The van der Waals surface area contributed by atoms with Gasteiger partial charge in [-0.3, -0.25) is 0 Å². The Morgan fingerprint density at radius 1 is 1.11 bits per heavy atom. The SMILES string of the molecule is CCNCc1ccc(Oc2ccc(F)c(Cl)c2)cc1. The standard InChI is InChI=1S/C15H15ClFNO/c1-2-18-10-11-3-5-12(6-4-11)19-13-7-8-15(17)14(16)9-13/h3-9,18H,2,10H2,1H3. The molecular formula is C15H15ClFNO. The van der Waals surface area contributed by atoms with Gasteiger partial charge in [-0.05, 0) is 36.4 Å². The van der Waals surface area contributed by atoms with E-state index in [0.717, 1.165) is 13.1 Å². The van der Waals surface area contributed by atoms with E-state index in [1.807, 2.05) is 24.3 Å². The second-order valence-electron chi connectivity index (χ2n) is 4.10. The van der Waals surface area contributed by atoms with Crippen molar-refractivity contribution in [1.82, 2.24) is 5.32 Å². The van der Waals surface area contributed by atoms with Crippen LogP contribution >= 0.6 is 11.6 Å². The van der Waals surface area contributed by atoms with Crippen LogP contribution in [0.1, 0.15) is 12.5 Å². The number of benzene rings is 2. The minimum atomic E-state index is -0.449. The lowest BCUT2D eigenvalue weighted by Crippen LogP contribution is -2.11. The predicted octanol–water partition coefficient (Wildman–Crippen LogP) is 4.38. The van der Waals surface area contributed by atoms with Crippen molar-refractivity contribution in [3.8, 4) is 11.5 Å². The zero-order valence-electron chi connectivity index (χ0n) is 10.6. The molecule has 100 valence electrons. The van der Waals surface area contributed by atoms with Gasteiger partial charge < -0.3 is 10.1 Å². The van der Waals surface area contributed by atoms with Crippen molar-refractivity contribution < 1.29 is 9.13 Å². The van der Waals surface area contributed by atoms with Crippen molar-refractivity contribution in [2.75, 3.05) is 6.54 Å². The number of hydrogen-bond donors (Lipinski definition) is 1. The Morgan fingerprint density at radius 3 is 2.42 bits per heavy atom. The number of nitrogens with one attached hydrogen (secondary N) is 1. The number of hydrogen-bond acceptors (Lipinski definition) is 2. The molecule has 2 aromatic rings. The molecule has 0 spiro atoms. The summed E-state index contributed by atoms with van der Waals surface area (Å²) >= 11 is 5.70. The third-order valence-electron chi connectivity index (χ3n) is 2.63. The fourth-order valence-electron chi connectivity index (χ4n) is 1.62. The van der Waals surface area contributed by atoms with Gasteiger partial charge in [0.15, 0.2) is 0 Å². The van der Waals surface area contributed by atoms with Gasteiger partial charge in [0, 0.05) is 12.6 Å². The molecule has 4 heteroatoms. The average Bonchev–Trinajstić information content (AvgIpc) is 2.42. The molecule has 0 saturated heterocycles. The highest BCUT2D eigenvalue weighted by Crippen LogP contribution is 2.26. The van der Waals surface area contributed by atoms with Crippen molar-refractivity contribution in [1.29, 1.82) is 0 Å². The molecule has 0 heterocycles. The maximum atomic E-state index is 13.0. The van der Waals surface area contributed by atoms with E-state index in [2.05, 4.69) is 12.2 Å². The van der Waals surface area contributed by atoms with Crippen molar-refractivity contribution in [2.24, 2.45) is 0 Å². The Hall–Kier alpha value is -1.58. The van der Waals surface area contributed by atoms with E-state index in [1.54, 1.807) is 6.07 Å². The maximum Gasteiger partial charge on any atom is 0.142 e. The van der Waals surface area contributed by atoms with E-state index in [1.165, 1.54) is 17.7 Å². The molecule has 0 fully saturated rings. The molecule has 0 bridgehead atoms. The first kappa shape index (κ1) is 13.8. The Morgan fingerprint density at radius 2 is 1.79 bits per heavy atom. The summed E-state index contributed by atoms with van der Waals surface area (Å²) in [5.41, 5.74) is 1.19. The normalized spacial score (nSPS) is 10.5. The lowest BCUT2D eigenvalue weighted by molar-refractivity contribution is 0.480. The first-order chi connectivity index (χ1) is 9.19. The summed E-state index contributed by atoms with van der Waals surface area (Å²) in [5.74, 6) is 0.767. The van der Waals surface area contributed by atoms with E-state index in [9.17, 15) is 4.39 Å². The molecule has 0 aliphatic carbocycles. The molecule has 0 saturated carbocycles. The molecule has 2 rings (SSSR count). The van der Waals surface area contributed by atoms with Crippen LogP contribution in [-0.4, -0.2) is 6.54 Å². The Bertz CT molecular complexity index is 542. The first-order valence-corrected chi connectivity index (χ1v) is 6.49. The zero-order chi connectivity index (χ0) is 13.7.